The van der Waals surface area contributed by atoms with Crippen LogP contribution in [0.2, 0.25) is 0 Å². The van der Waals surface area contributed by atoms with Gasteiger partial charge in [0.1, 0.15) is 0 Å². The number of sulfone groups is 1. The van der Waals surface area contributed by atoms with Crippen molar-refractivity contribution in [2.24, 2.45) is 0 Å². The third-order valence-electron chi connectivity index (χ3n) is 3.80. The molecule has 7 heteroatoms. The van der Waals surface area contributed by atoms with E-state index in [2.05, 4.69) is 4.90 Å². The third-order valence-corrected chi connectivity index (χ3v) is 5.42. The number of anilines is 1. The summed E-state index contributed by atoms with van der Waals surface area (Å²) < 4.78 is 47.8. The Morgan fingerprint density at radius 3 is 2.48 bits per heavy atom. The van der Waals surface area contributed by atoms with Crippen LogP contribution in [-0.2, 0) is 9.84 Å². The van der Waals surface area contributed by atoms with Gasteiger partial charge in [0, 0.05) is 24.2 Å². The van der Waals surface area contributed by atoms with E-state index in [1.165, 1.54) is 12.1 Å². The molecule has 1 aliphatic rings. The summed E-state index contributed by atoms with van der Waals surface area (Å²) in [5.74, 6) is -2.82. The molecule has 0 N–H and O–H groups in total. The molecule has 1 saturated heterocycles. The summed E-state index contributed by atoms with van der Waals surface area (Å²) in [4.78, 5) is 1.84. The Hall–Kier alpha value is -0.880. The fourth-order valence-electron chi connectivity index (χ4n) is 2.70. The number of benzene rings is 1. The minimum atomic E-state index is -4.52. The van der Waals surface area contributed by atoms with E-state index in [0.717, 1.165) is 37.9 Å². The van der Waals surface area contributed by atoms with E-state index in [4.69, 9.17) is 11.6 Å². The largest absolute Gasteiger partial charge is 0.369 e. The molecular weight excluding hydrogens is 320 g/mol. The first-order chi connectivity index (χ1) is 9.96. The number of rotatable bonds is 5. The molecule has 1 fully saturated rings. The normalized spacial score (nSPS) is 20.0. The van der Waals surface area contributed by atoms with Crippen molar-refractivity contribution < 1.29 is 17.2 Å². The Balaban J connectivity index is 2.21. The topological polar surface area (TPSA) is 37.4 Å². The van der Waals surface area contributed by atoms with Crippen LogP contribution in [-0.4, -0.2) is 32.6 Å². The van der Waals surface area contributed by atoms with Crippen LogP contribution >= 0.6 is 11.6 Å². The van der Waals surface area contributed by atoms with Crippen LogP contribution < -0.4 is 4.90 Å². The first-order valence-electron chi connectivity index (χ1n) is 6.91. The van der Waals surface area contributed by atoms with Gasteiger partial charge in [-0.1, -0.05) is 0 Å². The average Bonchev–Trinajstić information content (AvgIpc) is 2.48. The lowest BCUT2D eigenvalue weighted by Crippen LogP contribution is -2.39. The summed E-state index contributed by atoms with van der Waals surface area (Å²) in [7, 11) is -4.52. The van der Waals surface area contributed by atoms with Crippen molar-refractivity contribution >= 4 is 27.1 Å². The summed E-state index contributed by atoms with van der Waals surface area (Å²) in [6.07, 6.45) is 4.12. The number of nitrogens with zero attached hydrogens (tertiary/aromatic N) is 1. The second-order valence-electron chi connectivity index (χ2n) is 5.12. The van der Waals surface area contributed by atoms with Gasteiger partial charge in [-0.25, -0.2) is 8.42 Å². The van der Waals surface area contributed by atoms with Gasteiger partial charge in [0.15, 0.2) is 0 Å². The van der Waals surface area contributed by atoms with Gasteiger partial charge in [-0.3, -0.25) is 0 Å². The molecule has 2 rings (SSSR count). The van der Waals surface area contributed by atoms with E-state index < -0.39 is 15.6 Å². The highest BCUT2D eigenvalue weighted by molar-refractivity contribution is 7.91. The van der Waals surface area contributed by atoms with Crippen molar-refractivity contribution in [3.8, 4) is 0 Å². The van der Waals surface area contributed by atoms with Crippen LogP contribution in [0.5, 0.6) is 0 Å². The van der Waals surface area contributed by atoms with Crippen molar-refractivity contribution in [3.63, 3.8) is 0 Å². The Labute approximate surface area is 128 Å². The van der Waals surface area contributed by atoms with E-state index in [9.17, 15) is 17.2 Å². The molecule has 1 aromatic carbocycles. The Bertz CT molecular complexity index is 561. The number of halogens is 3. The maximum absolute atomic E-state index is 12.5. The van der Waals surface area contributed by atoms with Crippen LogP contribution in [0.3, 0.4) is 0 Å². The first-order valence-corrected chi connectivity index (χ1v) is 8.99. The second-order valence-corrected chi connectivity index (χ2v) is 7.42. The van der Waals surface area contributed by atoms with E-state index in [-0.39, 0.29) is 4.90 Å². The van der Waals surface area contributed by atoms with Crippen LogP contribution in [0.15, 0.2) is 29.2 Å². The molecule has 1 heterocycles. The molecule has 1 atom stereocenters. The maximum Gasteiger partial charge on any atom is 0.341 e. The van der Waals surface area contributed by atoms with Gasteiger partial charge in [0.2, 0.25) is 9.84 Å². The lowest BCUT2D eigenvalue weighted by atomic mass is 9.99. The van der Waals surface area contributed by atoms with Crippen molar-refractivity contribution in [3.05, 3.63) is 24.3 Å². The van der Waals surface area contributed by atoms with Gasteiger partial charge in [-0.2, -0.15) is 8.78 Å². The molecule has 21 heavy (non-hydrogen) atoms. The molecule has 1 aromatic rings. The van der Waals surface area contributed by atoms with Crippen molar-refractivity contribution in [2.75, 3.05) is 17.3 Å². The molecule has 3 nitrogen and oxygen atoms in total. The van der Waals surface area contributed by atoms with E-state index >= 15 is 0 Å². The lowest BCUT2D eigenvalue weighted by Gasteiger charge is -2.37. The van der Waals surface area contributed by atoms with Crippen molar-refractivity contribution in [1.82, 2.24) is 0 Å². The van der Waals surface area contributed by atoms with Gasteiger partial charge >= 0.3 is 5.76 Å². The second kappa shape index (κ2) is 6.92. The minimum absolute atomic E-state index is 0.328. The quantitative estimate of drug-likeness (QED) is 0.769. The molecule has 1 unspecified atom stereocenters. The van der Waals surface area contributed by atoms with E-state index in [1.807, 2.05) is 0 Å². The number of hydrogen-bond acceptors (Lipinski definition) is 3. The zero-order valence-electron chi connectivity index (χ0n) is 11.5. The zero-order chi connectivity index (χ0) is 15.5. The Morgan fingerprint density at radius 2 is 1.90 bits per heavy atom. The van der Waals surface area contributed by atoms with Gasteiger partial charge in [-0.05, 0) is 49.9 Å². The molecule has 0 saturated carbocycles. The van der Waals surface area contributed by atoms with E-state index in [1.54, 1.807) is 12.1 Å². The Kier molecular flexibility index (Phi) is 5.43. The minimum Gasteiger partial charge on any atom is -0.369 e. The van der Waals surface area contributed by atoms with Crippen LogP contribution in [0.1, 0.15) is 25.7 Å². The number of alkyl halides is 3. The number of hydrogen-bond donors (Lipinski definition) is 0. The highest BCUT2D eigenvalue weighted by atomic mass is 35.5. The molecule has 0 aromatic heterocycles. The third kappa shape index (κ3) is 3.66. The summed E-state index contributed by atoms with van der Waals surface area (Å²) in [5.41, 5.74) is 0.859. The fourth-order valence-corrected chi connectivity index (χ4v) is 3.67. The summed E-state index contributed by atoms with van der Waals surface area (Å²) in [6.45, 7) is 0.877. The predicted molar refractivity (Wildman–Crippen MR) is 80.0 cm³/mol. The average molecular weight is 338 g/mol. The molecule has 0 aliphatic carbocycles. The van der Waals surface area contributed by atoms with Gasteiger partial charge in [0.05, 0.1) is 4.90 Å². The number of piperidine rings is 1. The summed E-state index contributed by atoms with van der Waals surface area (Å²) >= 11 is 5.82. The molecule has 0 radical (unpaired) electrons. The fraction of sp³-hybridized carbons (Fsp3) is 0.571. The van der Waals surface area contributed by atoms with Crippen LogP contribution in [0.25, 0.3) is 0 Å². The SMILES string of the molecule is O=S(=O)(c1ccc(N2CCCCC2CCCl)cc1)C(F)F. The summed E-state index contributed by atoms with van der Waals surface area (Å²) in [5, 5.41) is 0. The highest BCUT2D eigenvalue weighted by Crippen LogP contribution is 2.28. The van der Waals surface area contributed by atoms with Gasteiger partial charge < -0.3 is 4.90 Å². The van der Waals surface area contributed by atoms with Gasteiger partial charge in [0.25, 0.3) is 0 Å². The highest BCUT2D eigenvalue weighted by Gasteiger charge is 2.27. The summed E-state index contributed by atoms with van der Waals surface area (Å²) in [6, 6.07) is 6.03. The predicted octanol–water partition coefficient (Wildman–Crippen LogP) is 3.67. The molecule has 0 bridgehead atoms. The smallest absolute Gasteiger partial charge is 0.341 e. The monoisotopic (exact) mass is 337 g/mol. The molecule has 1 aliphatic heterocycles. The molecular formula is C14H18ClF2NO2S. The molecule has 0 spiro atoms. The zero-order valence-corrected chi connectivity index (χ0v) is 13.1. The Morgan fingerprint density at radius 1 is 1.24 bits per heavy atom. The van der Waals surface area contributed by atoms with Crippen LogP contribution in [0, 0.1) is 0 Å². The van der Waals surface area contributed by atoms with Crippen LogP contribution in [0.4, 0.5) is 14.5 Å². The maximum atomic E-state index is 12.5. The van der Waals surface area contributed by atoms with E-state index in [0.29, 0.717) is 11.9 Å². The van der Waals surface area contributed by atoms with Gasteiger partial charge in [-0.15, -0.1) is 11.6 Å². The van der Waals surface area contributed by atoms with Crippen molar-refractivity contribution in [2.45, 2.75) is 42.4 Å². The molecule has 118 valence electrons. The lowest BCUT2D eigenvalue weighted by molar-refractivity contribution is 0.234. The standard InChI is InChI=1S/C14H18ClF2NO2S/c15-9-8-11-3-1-2-10-18(11)12-4-6-13(7-5-12)21(19,20)14(16)17/h4-7,11,14H,1-3,8-10H2. The first kappa shape index (κ1) is 16.5. The van der Waals surface area contributed by atoms with Crippen molar-refractivity contribution in [1.29, 1.82) is 0 Å². The molecule has 0 amide bonds.